The Morgan fingerprint density at radius 3 is 2.70 bits per heavy atom. The van der Waals surface area contributed by atoms with Gasteiger partial charge in [0.1, 0.15) is 5.75 Å². The van der Waals surface area contributed by atoms with Crippen molar-refractivity contribution in [3.05, 3.63) is 34.1 Å². The van der Waals surface area contributed by atoms with E-state index >= 15 is 0 Å². The van der Waals surface area contributed by atoms with E-state index in [9.17, 15) is 14.5 Å². The van der Waals surface area contributed by atoms with Crippen LogP contribution in [0.1, 0.15) is 12.8 Å². The first-order valence-electron chi connectivity index (χ1n) is 6.27. The van der Waals surface area contributed by atoms with Crippen molar-refractivity contribution in [3.8, 4) is 5.75 Å². The topological polar surface area (TPSA) is 61.6 Å². The number of rotatable bonds is 5. The average molecular weight is 348 g/mol. The van der Waals surface area contributed by atoms with Crippen LogP contribution in [0.15, 0.2) is 18.2 Å². The van der Waals surface area contributed by atoms with Gasteiger partial charge < -0.3 is 9.47 Å². The van der Waals surface area contributed by atoms with Gasteiger partial charge in [0.15, 0.2) is 0 Å². The molecule has 0 saturated carbocycles. The molecule has 1 aliphatic rings. The van der Waals surface area contributed by atoms with Crippen molar-refractivity contribution in [2.45, 2.75) is 12.8 Å². The summed E-state index contributed by atoms with van der Waals surface area (Å²) < 4.78 is 24.4. The van der Waals surface area contributed by atoms with E-state index in [0.29, 0.717) is 25.6 Å². The minimum absolute atomic E-state index is 0.0312. The minimum Gasteiger partial charge on any atom is -0.493 e. The molecule has 1 fully saturated rings. The molecule has 1 aliphatic heterocycles. The Balaban J connectivity index is 2.03. The summed E-state index contributed by atoms with van der Waals surface area (Å²) in [6.45, 7) is 1.80. The third-order valence-electron chi connectivity index (χ3n) is 3.50. The normalized spacial score (nSPS) is 17.7. The number of benzene rings is 1. The van der Waals surface area contributed by atoms with Gasteiger partial charge in [-0.15, -0.1) is 0 Å². The predicted octanol–water partition coefficient (Wildman–Crippen LogP) is 3.30. The van der Waals surface area contributed by atoms with Crippen molar-refractivity contribution in [1.82, 2.24) is 0 Å². The fourth-order valence-electron chi connectivity index (χ4n) is 2.08. The number of hydrogen-bond acceptors (Lipinski definition) is 4. The first kappa shape index (κ1) is 15.2. The maximum atomic E-state index is 13.5. The van der Waals surface area contributed by atoms with Crippen LogP contribution in [0.5, 0.6) is 5.75 Å². The van der Waals surface area contributed by atoms with Gasteiger partial charge in [0.2, 0.25) is 5.82 Å². The van der Waals surface area contributed by atoms with Crippen LogP contribution in [0.25, 0.3) is 0 Å². The molecule has 1 aromatic rings. The van der Waals surface area contributed by atoms with Crippen LogP contribution < -0.4 is 4.74 Å². The molecule has 2 rings (SSSR count). The standard InChI is InChI=1S/C13H15BrFNO4/c14-8-13(3-5-19-6-4-13)9-20-10-1-2-12(16(17)18)11(15)7-10/h1-2,7H,3-6,8-9H2. The van der Waals surface area contributed by atoms with E-state index in [1.165, 1.54) is 6.07 Å². The molecule has 0 N–H and O–H groups in total. The lowest BCUT2D eigenvalue weighted by Gasteiger charge is -2.35. The number of nitro benzene ring substituents is 1. The summed E-state index contributed by atoms with van der Waals surface area (Å²) in [5.41, 5.74) is -0.574. The van der Waals surface area contributed by atoms with Gasteiger partial charge in [0, 0.05) is 36.1 Å². The van der Waals surface area contributed by atoms with Crippen LogP contribution in [0.3, 0.4) is 0 Å². The van der Waals surface area contributed by atoms with Crippen LogP contribution in [0.2, 0.25) is 0 Å². The summed E-state index contributed by atoms with van der Waals surface area (Å²) in [6, 6.07) is 3.59. The molecule has 110 valence electrons. The minimum atomic E-state index is -0.882. The molecule has 20 heavy (non-hydrogen) atoms. The van der Waals surface area contributed by atoms with Gasteiger partial charge in [0.25, 0.3) is 0 Å². The molecule has 0 unspecified atom stereocenters. The molecule has 0 bridgehead atoms. The van der Waals surface area contributed by atoms with E-state index in [1.54, 1.807) is 0 Å². The zero-order valence-electron chi connectivity index (χ0n) is 10.8. The lowest BCUT2D eigenvalue weighted by molar-refractivity contribution is -0.387. The van der Waals surface area contributed by atoms with Crippen molar-refractivity contribution < 1.29 is 18.8 Å². The third-order valence-corrected chi connectivity index (χ3v) is 4.69. The Kier molecular flexibility index (Phi) is 4.93. The number of hydrogen-bond donors (Lipinski definition) is 0. The second kappa shape index (κ2) is 6.49. The summed E-state index contributed by atoms with van der Waals surface area (Å²) in [6.07, 6.45) is 1.74. The molecule has 0 aliphatic carbocycles. The van der Waals surface area contributed by atoms with Gasteiger partial charge in [-0.25, -0.2) is 0 Å². The molecule has 0 spiro atoms. The molecular formula is C13H15BrFNO4. The number of ether oxygens (including phenoxy) is 2. The third kappa shape index (κ3) is 3.46. The number of nitrogens with zero attached hydrogens (tertiary/aromatic N) is 1. The summed E-state index contributed by atoms with van der Waals surface area (Å²) in [7, 11) is 0. The summed E-state index contributed by atoms with van der Waals surface area (Å²) >= 11 is 3.49. The van der Waals surface area contributed by atoms with Crippen molar-refractivity contribution in [2.24, 2.45) is 5.41 Å². The molecule has 1 heterocycles. The van der Waals surface area contributed by atoms with E-state index in [4.69, 9.17) is 9.47 Å². The molecule has 0 amide bonds. The Bertz CT molecular complexity index is 491. The first-order valence-corrected chi connectivity index (χ1v) is 7.39. The highest BCUT2D eigenvalue weighted by Gasteiger charge is 2.32. The van der Waals surface area contributed by atoms with Gasteiger partial charge in [0.05, 0.1) is 11.5 Å². The van der Waals surface area contributed by atoms with Crippen LogP contribution in [-0.4, -0.2) is 30.1 Å². The Morgan fingerprint density at radius 2 is 2.15 bits per heavy atom. The van der Waals surface area contributed by atoms with Crippen molar-refractivity contribution in [2.75, 3.05) is 25.2 Å². The van der Waals surface area contributed by atoms with Crippen molar-refractivity contribution in [3.63, 3.8) is 0 Å². The van der Waals surface area contributed by atoms with E-state index in [0.717, 1.165) is 30.3 Å². The fourth-order valence-corrected chi connectivity index (χ4v) is 2.81. The average Bonchev–Trinajstić information content (AvgIpc) is 2.46. The summed E-state index contributed by atoms with van der Waals surface area (Å²) in [4.78, 5) is 9.79. The van der Waals surface area contributed by atoms with Crippen LogP contribution >= 0.6 is 15.9 Å². The second-order valence-electron chi connectivity index (χ2n) is 4.91. The van der Waals surface area contributed by atoms with Gasteiger partial charge in [-0.05, 0) is 18.9 Å². The summed E-state index contributed by atoms with van der Waals surface area (Å²) in [5, 5.41) is 11.3. The predicted molar refractivity (Wildman–Crippen MR) is 74.8 cm³/mol. The van der Waals surface area contributed by atoms with Gasteiger partial charge in [-0.2, -0.15) is 4.39 Å². The van der Waals surface area contributed by atoms with E-state index < -0.39 is 16.4 Å². The second-order valence-corrected chi connectivity index (χ2v) is 5.47. The van der Waals surface area contributed by atoms with E-state index in [1.807, 2.05) is 0 Å². The molecule has 0 atom stereocenters. The maximum Gasteiger partial charge on any atom is 0.305 e. The van der Waals surface area contributed by atoms with Gasteiger partial charge >= 0.3 is 5.69 Å². The number of nitro groups is 1. The van der Waals surface area contributed by atoms with Crippen LogP contribution in [0.4, 0.5) is 10.1 Å². The SMILES string of the molecule is O=[N+]([O-])c1ccc(OCC2(CBr)CCOCC2)cc1F. The number of alkyl halides is 1. The highest BCUT2D eigenvalue weighted by atomic mass is 79.9. The molecule has 0 aromatic heterocycles. The fraction of sp³-hybridized carbons (Fsp3) is 0.538. The first-order chi connectivity index (χ1) is 9.56. The highest BCUT2D eigenvalue weighted by Crippen LogP contribution is 2.33. The van der Waals surface area contributed by atoms with Gasteiger partial charge in [-0.1, -0.05) is 15.9 Å². The van der Waals surface area contributed by atoms with E-state index in [2.05, 4.69) is 15.9 Å². The zero-order valence-corrected chi connectivity index (χ0v) is 12.4. The Morgan fingerprint density at radius 1 is 1.45 bits per heavy atom. The highest BCUT2D eigenvalue weighted by molar-refractivity contribution is 9.09. The summed E-state index contributed by atoms with van der Waals surface area (Å²) in [5.74, 6) is -0.577. The Labute approximate surface area is 124 Å². The van der Waals surface area contributed by atoms with Crippen LogP contribution in [0, 0.1) is 21.3 Å². The van der Waals surface area contributed by atoms with Crippen molar-refractivity contribution >= 4 is 21.6 Å². The molecular weight excluding hydrogens is 333 g/mol. The monoisotopic (exact) mass is 347 g/mol. The quantitative estimate of drug-likeness (QED) is 0.465. The van der Waals surface area contributed by atoms with Gasteiger partial charge in [-0.3, -0.25) is 10.1 Å². The molecule has 5 nitrogen and oxygen atoms in total. The lowest BCUT2D eigenvalue weighted by Crippen LogP contribution is -2.36. The lowest BCUT2D eigenvalue weighted by atomic mass is 9.83. The number of halogens is 2. The van der Waals surface area contributed by atoms with Crippen LogP contribution in [-0.2, 0) is 4.74 Å². The van der Waals surface area contributed by atoms with E-state index in [-0.39, 0.29) is 5.41 Å². The van der Waals surface area contributed by atoms with Crippen molar-refractivity contribution in [1.29, 1.82) is 0 Å². The molecule has 1 aromatic carbocycles. The smallest absolute Gasteiger partial charge is 0.305 e. The molecule has 0 radical (unpaired) electrons. The Hall–Kier alpha value is -1.21. The zero-order chi connectivity index (χ0) is 14.6. The maximum absolute atomic E-state index is 13.5. The molecule has 1 saturated heterocycles. The molecule has 7 heteroatoms. The largest absolute Gasteiger partial charge is 0.493 e.